The van der Waals surface area contributed by atoms with E-state index >= 15 is 0 Å². The zero-order chi connectivity index (χ0) is 16.1. The van der Waals surface area contributed by atoms with Gasteiger partial charge in [0.2, 0.25) is 0 Å². The lowest BCUT2D eigenvalue weighted by Gasteiger charge is -2.00. The number of aromatic hydroxyl groups is 2. The van der Waals surface area contributed by atoms with Crippen molar-refractivity contribution < 1.29 is 24.8 Å². The SMILES string of the molecule is O=C(O/N=C\c1ccc(O)cc1O)c1cccc([N+](=O)[O-])c1. The molecule has 8 nitrogen and oxygen atoms in total. The van der Waals surface area contributed by atoms with Gasteiger partial charge in [0, 0.05) is 23.8 Å². The van der Waals surface area contributed by atoms with Crippen LogP contribution in [0.25, 0.3) is 0 Å². The molecule has 0 unspecified atom stereocenters. The third kappa shape index (κ3) is 3.57. The first-order chi connectivity index (χ1) is 10.5. The second-order valence-electron chi connectivity index (χ2n) is 4.16. The summed E-state index contributed by atoms with van der Waals surface area (Å²) in [4.78, 5) is 26.3. The fourth-order valence-electron chi connectivity index (χ4n) is 1.57. The second-order valence-corrected chi connectivity index (χ2v) is 4.16. The minimum atomic E-state index is -0.877. The molecular weight excluding hydrogens is 292 g/mol. The lowest BCUT2D eigenvalue weighted by atomic mass is 10.2. The number of nitro benzene ring substituents is 1. The lowest BCUT2D eigenvalue weighted by Crippen LogP contribution is -2.02. The topological polar surface area (TPSA) is 122 Å². The van der Waals surface area contributed by atoms with Crippen molar-refractivity contribution in [2.75, 3.05) is 0 Å². The monoisotopic (exact) mass is 302 g/mol. The van der Waals surface area contributed by atoms with E-state index in [1.54, 1.807) is 0 Å². The average molecular weight is 302 g/mol. The number of carbonyl (C=O) groups is 1. The van der Waals surface area contributed by atoms with Crippen LogP contribution in [0.2, 0.25) is 0 Å². The molecule has 8 heteroatoms. The molecule has 0 aliphatic carbocycles. The predicted octanol–water partition coefficient (Wildman–Crippen LogP) is 2.20. The van der Waals surface area contributed by atoms with Crippen molar-refractivity contribution in [2.24, 2.45) is 5.16 Å². The molecule has 0 radical (unpaired) electrons. The Kier molecular flexibility index (Phi) is 4.33. The van der Waals surface area contributed by atoms with Crippen molar-refractivity contribution in [3.63, 3.8) is 0 Å². The number of hydrogen-bond donors (Lipinski definition) is 2. The summed E-state index contributed by atoms with van der Waals surface area (Å²) in [5, 5.41) is 32.6. The van der Waals surface area contributed by atoms with Gasteiger partial charge in [-0.15, -0.1) is 0 Å². The second kappa shape index (κ2) is 6.35. The summed E-state index contributed by atoms with van der Waals surface area (Å²) >= 11 is 0. The van der Waals surface area contributed by atoms with E-state index in [4.69, 9.17) is 5.11 Å². The fraction of sp³-hybridized carbons (Fsp3) is 0. The fourth-order valence-corrected chi connectivity index (χ4v) is 1.57. The van der Waals surface area contributed by atoms with Gasteiger partial charge in [0.15, 0.2) is 0 Å². The summed E-state index contributed by atoms with van der Waals surface area (Å²) < 4.78 is 0. The molecule has 0 fully saturated rings. The van der Waals surface area contributed by atoms with Crippen LogP contribution in [0.5, 0.6) is 11.5 Å². The Bertz CT molecular complexity index is 757. The van der Waals surface area contributed by atoms with Crippen LogP contribution in [0.3, 0.4) is 0 Å². The van der Waals surface area contributed by atoms with E-state index in [0.29, 0.717) is 0 Å². The van der Waals surface area contributed by atoms with Crippen LogP contribution in [0.15, 0.2) is 47.6 Å². The number of carbonyl (C=O) groups excluding carboxylic acids is 1. The van der Waals surface area contributed by atoms with Crippen LogP contribution < -0.4 is 0 Å². The van der Waals surface area contributed by atoms with E-state index in [-0.39, 0.29) is 28.3 Å². The average Bonchev–Trinajstić information content (AvgIpc) is 2.49. The summed E-state index contributed by atoms with van der Waals surface area (Å²) in [6, 6.07) is 8.81. The van der Waals surface area contributed by atoms with Crippen LogP contribution in [0, 0.1) is 10.1 Å². The Labute approximate surface area is 124 Å². The molecule has 2 rings (SSSR count). The maximum absolute atomic E-state index is 11.7. The summed E-state index contributed by atoms with van der Waals surface area (Å²) in [5.41, 5.74) is -0.0412. The van der Waals surface area contributed by atoms with Crippen molar-refractivity contribution in [3.05, 3.63) is 63.7 Å². The Balaban J connectivity index is 2.08. The Morgan fingerprint density at radius 1 is 1.23 bits per heavy atom. The molecule has 2 aromatic rings. The molecule has 0 atom stereocenters. The van der Waals surface area contributed by atoms with Crippen LogP contribution in [-0.2, 0) is 4.84 Å². The number of hydrogen-bond acceptors (Lipinski definition) is 7. The molecule has 0 saturated carbocycles. The number of non-ortho nitro benzene ring substituents is 1. The highest BCUT2D eigenvalue weighted by Gasteiger charge is 2.12. The lowest BCUT2D eigenvalue weighted by molar-refractivity contribution is -0.384. The number of phenols is 2. The molecule has 2 aromatic carbocycles. The molecule has 0 amide bonds. The number of nitrogens with zero attached hydrogens (tertiary/aromatic N) is 2. The van der Waals surface area contributed by atoms with E-state index < -0.39 is 10.9 Å². The van der Waals surface area contributed by atoms with Crippen LogP contribution >= 0.6 is 0 Å². The first kappa shape index (κ1) is 15.0. The van der Waals surface area contributed by atoms with Gasteiger partial charge in [0.1, 0.15) is 11.5 Å². The van der Waals surface area contributed by atoms with E-state index in [1.165, 1.54) is 30.3 Å². The Morgan fingerprint density at radius 3 is 2.68 bits per heavy atom. The molecule has 0 spiro atoms. The largest absolute Gasteiger partial charge is 0.508 e. The van der Waals surface area contributed by atoms with Gasteiger partial charge in [-0.3, -0.25) is 10.1 Å². The zero-order valence-electron chi connectivity index (χ0n) is 11.0. The summed E-state index contributed by atoms with van der Waals surface area (Å²) in [6.45, 7) is 0. The highest BCUT2D eigenvalue weighted by atomic mass is 16.7. The minimum Gasteiger partial charge on any atom is -0.508 e. The van der Waals surface area contributed by atoms with E-state index in [0.717, 1.165) is 18.3 Å². The van der Waals surface area contributed by atoms with Crippen LogP contribution in [0.1, 0.15) is 15.9 Å². The Hall–Kier alpha value is -3.42. The minimum absolute atomic E-state index is 0.0266. The molecule has 2 N–H and O–H groups in total. The molecule has 0 aliphatic rings. The van der Waals surface area contributed by atoms with Gasteiger partial charge in [0.05, 0.1) is 16.7 Å². The van der Waals surface area contributed by atoms with Crippen LogP contribution in [-0.4, -0.2) is 27.3 Å². The van der Waals surface area contributed by atoms with Gasteiger partial charge < -0.3 is 15.1 Å². The molecule has 0 bridgehead atoms. The third-order valence-corrected chi connectivity index (χ3v) is 2.63. The molecule has 0 heterocycles. The van der Waals surface area contributed by atoms with Gasteiger partial charge in [-0.25, -0.2) is 4.79 Å². The quantitative estimate of drug-likeness (QED) is 0.386. The first-order valence-electron chi connectivity index (χ1n) is 5.98. The van der Waals surface area contributed by atoms with Crippen molar-refractivity contribution >= 4 is 17.9 Å². The number of nitro groups is 1. The maximum Gasteiger partial charge on any atom is 0.365 e. The number of phenolic OH excluding ortho intramolecular Hbond substituents is 2. The zero-order valence-corrected chi connectivity index (χ0v) is 11.0. The summed E-state index contributed by atoms with van der Waals surface area (Å²) in [7, 11) is 0. The van der Waals surface area contributed by atoms with E-state index in [1.807, 2.05) is 0 Å². The summed E-state index contributed by atoms with van der Waals surface area (Å²) in [6.07, 6.45) is 1.07. The number of rotatable bonds is 4. The van der Waals surface area contributed by atoms with Crippen molar-refractivity contribution in [2.45, 2.75) is 0 Å². The molecule has 112 valence electrons. The van der Waals surface area contributed by atoms with Gasteiger partial charge >= 0.3 is 5.97 Å². The third-order valence-electron chi connectivity index (χ3n) is 2.63. The van der Waals surface area contributed by atoms with Gasteiger partial charge in [-0.1, -0.05) is 11.2 Å². The number of benzene rings is 2. The maximum atomic E-state index is 11.7. The van der Waals surface area contributed by atoms with Crippen molar-refractivity contribution in [1.29, 1.82) is 0 Å². The first-order valence-corrected chi connectivity index (χ1v) is 5.98. The number of oxime groups is 1. The summed E-state index contributed by atoms with van der Waals surface area (Å²) in [5.74, 6) is -1.24. The van der Waals surface area contributed by atoms with Gasteiger partial charge in [-0.2, -0.15) is 0 Å². The van der Waals surface area contributed by atoms with Gasteiger partial charge in [-0.05, 0) is 18.2 Å². The molecule has 0 saturated heterocycles. The normalized spacial score (nSPS) is 10.5. The molecule has 22 heavy (non-hydrogen) atoms. The molecule has 0 aliphatic heterocycles. The predicted molar refractivity (Wildman–Crippen MR) is 75.9 cm³/mol. The van der Waals surface area contributed by atoms with Gasteiger partial charge in [0.25, 0.3) is 5.69 Å². The standard InChI is InChI=1S/C14H10N2O6/c17-12-5-4-10(13(18)7-12)8-15-22-14(19)9-2-1-3-11(6-9)16(20)21/h1-8,17-18H/b15-8-. The Morgan fingerprint density at radius 2 is 2.00 bits per heavy atom. The molecule has 0 aromatic heterocycles. The van der Waals surface area contributed by atoms with Crippen molar-refractivity contribution in [3.8, 4) is 11.5 Å². The van der Waals surface area contributed by atoms with Crippen molar-refractivity contribution in [1.82, 2.24) is 0 Å². The smallest absolute Gasteiger partial charge is 0.365 e. The highest BCUT2D eigenvalue weighted by molar-refractivity contribution is 5.91. The van der Waals surface area contributed by atoms with E-state index in [9.17, 15) is 20.0 Å². The van der Waals surface area contributed by atoms with Crippen LogP contribution in [0.4, 0.5) is 5.69 Å². The highest BCUT2D eigenvalue weighted by Crippen LogP contribution is 2.21. The molecular formula is C14H10N2O6. The van der Waals surface area contributed by atoms with E-state index in [2.05, 4.69) is 9.99 Å².